The molecule has 0 bridgehead atoms. The van der Waals surface area contributed by atoms with Crippen LogP contribution < -0.4 is 5.32 Å². The molecule has 0 saturated carbocycles. The summed E-state index contributed by atoms with van der Waals surface area (Å²) in [5.41, 5.74) is 0.530. The molecule has 0 radical (unpaired) electrons. The van der Waals surface area contributed by atoms with Gasteiger partial charge in [-0.1, -0.05) is 18.2 Å². The normalized spacial score (nSPS) is 20.1. The lowest BCUT2D eigenvalue weighted by Gasteiger charge is -2.07. The number of Topliss-reactive ketones (excluding diaryl/α,β-unsaturated/α-hetero) is 1. The summed E-state index contributed by atoms with van der Waals surface area (Å²) in [6.45, 7) is 0.587. The van der Waals surface area contributed by atoms with Gasteiger partial charge in [-0.2, -0.15) is 0 Å². The average molecular weight is 221 g/mol. The maximum Gasteiger partial charge on any atom is 0.231 e. The van der Waals surface area contributed by atoms with E-state index in [4.69, 9.17) is 0 Å². The number of benzene rings is 1. The Hall–Kier alpha value is -1.29. The van der Waals surface area contributed by atoms with Gasteiger partial charge in [-0.15, -0.1) is 12.6 Å². The van der Waals surface area contributed by atoms with Gasteiger partial charge in [0.05, 0.1) is 0 Å². The summed E-state index contributed by atoms with van der Waals surface area (Å²) in [6, 6.07) is 7.05. The van der Waals surface area contributed by atoms with Crippen molar-refractivity contribution in [3.63, 3.8) is 0 Å². The van der Waals surface area contributed by atoms with Gasteiger partial charge in [-0.25, -0.2) is 0 Å². The van der Waals surface area contributed by atoms with Crippen LogP contribution in [0.3, 0.4) is 0 Å². The Balaban J connectivity index is 2.28. The Labute approximate surface area is 93.3 Å². The zero-order chi connectivity index (χ0) is 10.8. The number of rotatable bonds is 2. The van der Waals surface area contributed by atoms with E-state index in [1.165, 1.54) is 0 Å². The topological polar surface area (TPSA) is 46.2 Å². The zero-order valence-electron chi connectivity index (χ0n) is 8.06. The smallest absolute Gasteiger partial charge is 0.231 e. The van der Waals surface area contributed by atoms with E-state index in [2.05, 4.69) is 17.9 Å². The van der Waals surface area contributed by atoms with Gasteiger partial charge in [-0.05, 0) is 12.5 Å². The molecule has 1 aliphatic rings. The molecule has 1 unspecified atom stereocenters. The molecule has 0 spiro atoms. The lowest BCUT2D eigenvalue weighted by Crippen LogP contribution is -2.25. The molecular weight excluding hydrogens is 210 g/mol. The molecular formula is C11H11NO2S. The van der Waals surface area contributed by atoms with Crippen LogP contribution in [0.1, 0.15) is 16.8 Å². The van der Waals surface area contributed by atoms with Crippen LogP contribution in [0.5, 0.6) is 0 Å². The van der Waals surface area contributed by atoms with E-state index in [-0.39, 0.29) is 11.7 Å². The van der Waals surface area contributed by atoms with Crippen molar-refractivity contribution in [2.24, 2.45) is 5.92 Å². The van der Waals surface area contributed by atoms with Crippen molar-refractivity contribution in [3.05, 3.63) is 29.8 Å². The van der Waals surface area contributed by atoms with Crippen molar-refractivity contribution in [1.29, 1.82) is 0 Å². The summed E-state index contributed by atoms with van der Waals surface area (Å²) in [5, 5.41) is 2.66. The molecule has 1 amide bonds. The lowest BCUT2D eigenvalue weighted by molar-refractivity contribution is -0.121. The summed E-state index contributed by atoms with van der Waals surface area (Å²) >= 11 is 4.21. The highest BCUT2D eigenvalue weighted by Crippen LogP contribution is 2.21. The summed E-state index contributed by atoms with van der Waals surface area (Å²) < 4.78 is 0. The summed E-state index contributed by atoms with van der Waals surface area (Å²) in [5.74, 6) is -0.828. The molecule has 1 aromatic carbocycles. The fourth-order valence-electron chi connectivity index (χ4n) is 1.71. The van der Waals surface area contributed by atoms with Gasteiger partial charge in [0.25, 0.3) is 0 Å². The van der Waals surface area contributed by atoms with Crippen LogP contribution in [0.4, 0.5) is 0 Å². The van der Waals surface area contributed by atoms with Crippen LogP contribution in [0.15, 0.2) is 29.2 Å². The number of nitrogens with one attached hydrogen (secondary N) is 1. The third-order valence-corrected chi connectivity index (χ3v) is 2.92. The first kappa shape index (κ1) is 10.2. The highest BCUT2D eigenvalue weighted by molar-refractivity contribution is 7.80. The number of hydrogen-bond donors (Lipinski definition) is 2. The predicted octanol–water partition coefficient (Wildman–Crippen LogP) is 1.29. The van der Waals surface area contributed by atoms with Crippen molar-refractivity contribution in [3.8, 4) is 0 Å². The molecule has 0 aromatic heterocycles. The largest absolute Gasteiger partial charge is 0.355 e. The van der Waals surface area contributed by atoms with Crippen LogP contribution in [0, 0.1) is 5.92 Å². The minimum Gasteiger partial charge on any atom is -0.355 e. The second kappa shape index (κ2) is 4.06. The van der Waals surface area contributed by atoms with E-state index in [0.717, 1.165) is 0 Å². The molecule has 1 aliphatic heterocycles. The van der Waals surface area contributed by atoms with Crippen LogP contribution in [0.2, 0.25) is 0 Å². The quantitative estimate of drug-likeness (QED) is 0.449. The highest BCUT2D eigenvalue weighted by atomic mass is 32.1. The van der Waals surface area contributed by atoms with Gasteiger partial charge in [-0.3, -0.25) is 9.59 Å². The third kappa shape index (κ3) is 1.90. The maximum absolute atomic E-state index is 12.0. The van der Waals surface area contributed by atoms with Crippen LogP contribution >= 0.6 is 12.6 Å². The maximum atomic E-state index is 12.0. The number of carbonyl (C=O) groups is 2. The van der Waals surface area contributed by atoms with Crippen molar-refractivity contribution >= 4 is 24.3 Å². The summed E-state index contributed by atoms with van der Waals surface area (Å²) in [7, 11) is 0. The molecule has 1 heterocycles. The molecule has 1 saturated heterocycles. The first-order valence-corrected chi connectivity index (χ1v) is 5.25. The number of hydrogen-bond acceptors (Lipinski definition) is 3. The standard InChI is InChI=1S/C11H11NO2S/c13-10(8-5-6-12-11(8)14)7-3-1-2-4-9(7)15/h1-4,8,15H,5-6H2,(H,12,14). The fourth-order valence-corrected chi connectivity index (χ4v) is 1.98. The second-order valence-electron chi connectivity index (χ2n) is 3.51. The van der Waals surface area contributed by atoms with Crippen molar-refractivity contribution in [1.82, 2.24) is 5.32 Å². The fraction of sp³-hybridized carbons (Fsp3) is 0.273. The molecule has 15 heavy (non-hydrogen) atoms. The van der Waals surface area contributed by atoms with Crippen LogP contribution in [-0.2, 0) is 4.79 Å². The monoisotopic (exact) mass is 221 g/mol. The zero-order valence-corrected chi connectivity index (χ0v) is 8.96. The van der Waals surface area contributed by atoms with Crippen LogP contribution in [0.25, 0.3) is 0 Å². The number of ketones is 1. The molecule has 3 nitrogen and oxygen atoms in total. The Morgan fingerprint density at radius 3 is 2.73 bits per heavy atom. The molecule has 4 heteroatoms. The number of carbonyl (C=O) groups excluding carboxylic acids is 2. The van der Waals surface area contributed by atoms with E-state index in [1.54, 1.807) is 18.2 Å². The molecule has 1 aromatic rings. The molecule has 2 rings (SSSR count). The van der Waals surface area contributed by atoms with E-state index in [1.807, 2.05) is 6.07 Å². The van der Waals surface area contributed by atoms with Crippen molar-refractivity contribution in [2.75, 3.05) is 6.54 Å². The van der Waals surface area contributed by atoms with Gasteiger partial charge in [0.1, 0.15) is 5.92 Å². The lowest BCUT2D eigenvalue weighted by atomic mass is 9.96. The van der Waals surface area contributed by atoms with E-state index in [9.17, 15) is 9.59 Å². The van der Waals surface area contributed by atoms with E-state index >= 15 is 0 Å². The van der Waals surface area contributed by atoms with Gasteiger partial charge < -0.3 is 5.32 Å². The first-order valence-electron chi connectivity index (χ1n) is 4.80. The Morgan fingerprint density at radius 2 is 2.13 bits per heavy atom. The number of amides is 1. The van der Waals surface area contributed by atoms with Gasteiger partial charge >= 0.3 is 0 Å². The van der Waals surface area contributed by atoms with Crippen molar-refractivity contribution < 1.29 is 9.59 Å². The van der Waals surface area contributed by atoms with Crippen LogP contribution in [-0.4, -0.2) is 18.2 Å². The Kier molecular flexibility index (Phi) is 2.77. The molecule has 1 fully saturated rings. The van der Waals surface area contributed by atoms with E-state index in [0.29, 0.717) is 23.4 Å². The highest BCUT2D eigenvalue weighted by Gasteiger charge is 2.32. The minimum absolute atomic E-state index is 0.129. The van der Waals surface area contributed by atoms with Gasteiger partial charge in [0, 0.05) is 17.0 Å². The summed E-state index contributed by atoms with van der Waals surface area (Å²) in [6.07, 6.45) is 0.583. The third-order valence-electron chi connectivity index (χ3n) is 2.53. The predicted molar refractivity (Wildman–Crippen MR) is 59.1 cm³/mol. The van der Waals surface area contributed by atoms with Gasteiger partial charge in [0.2, 0.25) is 5.91 Å². The SMILES string of the molecule is O=C1NCCC1C(=O)c1ccccc1S. The molecule has 0 aliphatic carbocycles. The first-order chi connectivity index (χ1) is 7.20. The molecule has 1 atom stereocenters. The number of thiol groups is 1. The second-order valence-corrected chi connectivity index (χ2v) is 4.00. The molecule has 1 N–H and O–H groups in total. The Bertz CT molecular complexity index is 417. The summed E-state index contributed by atoms with van der Waals surface area (Å²) in [4.78, 5) is 23.9. The molecule has 78 valence electrons. The Morgan fingerprint density at radius 1 is 1.40 bits per heavy atom. The van der Waals surface area contributed by atoms with Gasteiger partial charge in [0.15, 0.2) is 5.78 Å². The van der Waals surface area contributed by atoms with E-state index < -0.39 is 5.92 Å². The minimum atomic E-state index is -0.529. The average Bonchev–Trinajstić information content (AvgIpc) is 2.64. The van der Waals surface area contributed by atoms with Crippen molar-refractivity contribution in [2.45, 2.75) is 11.3 Å².